The predicted molar refractivity (Wildman–Crippen MR) is 86.1 cm³/mol. The van der Waals surface area contributed by atoms with Crippen LogP contribution in [0.2, 0.25) is 5.02 Å². The Morgan fingerprint density at radius 1 is 1.32 bits per heavy atom. The molecule has 0 fully saturated rings. The summed E-state index contributed by atoms with van der Waals surface area (Å²) in [6.07, 6.45) is -0.718. The van der Waals surface area contributed by atoms with E-state index in [0.29, 0.717) is 22.0 Å². The third-order valence-corrected chi connectivity index (χ3v) is 3.33. The molecule has 0 spiro atoms. The number of hydrogen-bond donors (Lipinski definition) is 1. The van der Waals surface area contributed by atoms with Crippen molar-refractivity contribution in [2.75, 3.05) is 5.32 Å². The molecule has 2 rings (SSSR count). The number of halogens is 1. The van der Waals surface area contributed by atoms with Gasteiger partial charge >= 0.3 is 0 Å². The van der Waals surface area contributed by atoms with Crippen molar-refractivity contribution in [3.63, 3.8) is 0 Å². The fourth-order valence-electron chi connectivity index (χ4n) is 1.86. The average molecular weight is 315 g/mol. The molecule has 0 heterocycles. The molecule has 0 aliphatic carbocycles. The molecule has 0 unspecified atom stereocenters. The lowest BCUT2D eigenvalue weighted by Gasteiger charge is -2.16. The van der Waals surface area contributed by atoms with Gasteiger partial charge in [-0.05, 0) is 49.7 Å². The van der Waals surface area contributed by atoms with E-state index in [0.717, 1.165) is 5.56 Å². The summed E-state index contributed by atoms with van der Waals surface area (Å²) in [4.78, 5) is 12.2. The van der Waals surface area contributed by atoms with Gasteiger partial charge in [-0.3, -0.25) is 4.79 Å². The number of ether oxygens (including phenoxy) is 1. The monoisotopic (exact) mass is 314 g/mol. The maximum atomic E-state index is 12.2. The number of aryl methyl sites for hydroxylation is 1. The Morgan fingerprint density at radius 2 is 2.09 bits per heavy atom. The quantitative estimate of drug-likeness (QED) is 0.930. The highest BCUT2D eigenvalue weighted by Crippen LogP contribution is 2.26. The summed E-state index contributed by atoms with van der Waals surface area (Å²) in [5.41, 5.74) is 2.02. The molecule has 2 aromatic rings. The highest BCUT2D eigenvalue weighted by atomic mass is 35.5. The van der Waals surface area contributed by atoms with Crippen LogP contribution in [-0.2, 0) is 4.79 Å². The zero-order valence-electron chi connectivity index (χ0n) is 12.3. The van der Waals surface area contributed by atoms with Crippen LogP contribution in [0.1, 0.15) is 18.1 Å². The van der Waals surface area contributed by atoms with E-state index >= 15 is 0 Å². The Bertz CT molecular complexity index is 738. The largest absolute Gasteiger partial charge is 0.479 e. The zero-order valence-corrected chi connectivity index (χ0v) is 13.0. The third-order valence-electron chi connectivity index (χ3n) is 3.02. The van der Waals surface area contributed by atoms with E-state index in [9.17, 15) is 4.79 Å². The number of amides is 1. The van der Waals surface area contributed by atoms with Crippen molar-refractivity contribution >= 4 is 23.2 Å². The molecular weight excluding hydrogens is 300 g/mol. The van der Waals surface area contributed by atoms with Crippen LogP contribution in [-0.4, -0.2) is 12.0 Å². The first-order valence-electron chi connectivity index (χ1n) is 6.73. The molecule has 0 aromatic heterocycles. The van der Waals surface area contributed by atoms with Crippen LogP contribution in [0.25, 0.3) is 0 Å². The van der Waals surface area contributed by atoms with Crippen LogP contribution in [0.5, 0.6) is 5.75 Å². The Labute approximate surface area is 134 Å². The zero-order chi connectivity index (χ0) is 16.1. The fourth-order valence-corrected chi connectivity index (χ4v) is 2.02. The van der Waals surface area contributed by atoms with Crippen molar-refractivity contribution in [2.24, 2.45) is 0 Å². The minimum Gasteiger partial charge on any atom is -0.479 e. The predicted octanol–water partition coefficient (Wildman–Crippen LogP) is 3.93. The number of nitriles is 1. The van der Waals surface area contributed by atoms with Gasteiger partial charge in [0.25, 0.3) is 5.91 Å². The molecule has 0 aliphatic heterocycles. The third kappa shape index (κ3) is 4.00. The first kappa shape index (κ1) is 15.9. The summed E-state index contributed by atoms with van der Waals surface area (Å²) in [7, 11) is 0. The summed E-state index contributed by atoms with van der Waals surface area (Å²) in [6.45, 7) is 3.56. The molecule has 1 N–H and O–H groups in total. The minimum absolute atomic E-state index is 0.312. The molecular formula is C17H15ClN2O2. The molecule has 4 nitrogen and oxygen atoms in total. The number of nitrogens with one attached hydrogen (secondary N) is 1. The van der Waals surface area contributed by atoms with Crippen LogP contribution < -0.4 is 10.1 Å². The van der Waals surface area contributed by atoms with Crippen LogP contribution in [0, 0.1) is 18.3 Å². The van der Waals surface area contributed by atoms with E-state index < -0.39 is 6.10 Å². The first-order chi connectivity index (χ1) is 10.5. The van der Waals surface area contributed by atoms with Crippen molar-refractivity contribution in [1.29, 1.82) is 5.26 Å². The van der Waals surface area contributed by atoms with Crippen molar-refractivity contribution < 1.29 is 9.53 Å². The highest BCUT2D eigenvalue weighted by Gasteiger charge is 2.16. The summed E-state index contributed by atoms with van der Waals surface area (Å²) in [5.74, 6) is 0.155. The summed E-state index contributed by atoms with van der Waals surface area (Å²) in [5, 5.41) is 12.0. The van der Waals surface area contributed by atoms with Gasteiger partial charge in [0.05, 0.1) is 16.7 Å². The number of nitrogens with zero attached hydrogens (tertiary/aromatic N) is 1. The number of benzene rings is 2. The molecule has 22 heavy (non-hydrogen) atoms. The van der Waals surface area contributed by atoms with Gasteiger partial charge in [-0.25, -0.2) is 0 Å². The van der Waals surface area contributed by atoms with Gasteiger partial charge in [-0.2, -0.15) is 5.26 Å². The fraction of sp³-hybridized carbons (Fsp3) is 0.176. The summed E-state index contributed by atoms with van der Waals surface area (Å²) < 4.78 is 5.61. The van der Waals surface area contributed by atoms with Gasteiger partial charge in [0.1, 0.15) is 5.75 Å². The Kier molecular flexibility index (Phi) is 5.03. The van der Waals surface area contributed by atoms with Crippen LogP contribution in [0.15, 0.2) is 42.5 Å². The van der Waals surface area contributed by atoms with Crippen LogP contribution in [0.4, 0.5) is 5.69 Å². The average Bonchev–Trinajstić information content (AvgIpc) is 2.51. The summed E-state index contributed by atoms with van der Waals surface area (Å²) >= 11 is 6.05. The van der Waals surface area contributed by atoms with Crippen LogP contribution in [0.3, 0.4) is 0 Å². The number of hydrogen-bond acceptors (Lipinski definition) is 3. The van der Waals surface area contributed by atoms with Crippen molar-refractivity contribution in [2.45, 2.75) is 20.0 Å². The normalized spacial score (nSPS) is 11.4. The number of rotatable bonds is 4. The standard InChI is InChI=1S/C17H15ClN2O2/c1-11-6-7-15(18)16(8-11)22-12(2)17(21)20-14-5-3-4-13(9-14)10-19/h3-9,12H,1-2H3,(H,20,21)/t12-/m1/s1. The van der Waals surface area contributed by atoms with Gasteiger partial charge < -0.3 is 10.1 Å². The molecule has 1 amide bonds. The van der Waals surface area contributed by atoms with E-state index in [1.165, 1.54) is 0 Å². The van der Waals surface area contributed by atoms with Gasteiger partial charge in [0, 0.05) is 5.69 Å². The second-order valence-electron chi connectivity index (χ2n) is 4.88. The van der Waals surface area contributed by atoms with Gasteiger partial charge in [0.15, 0.2) is 6.10 Å². The SMILES string of the molecule is Cc1ccc(Cl)c(O[C@H](C)C(=O)Nc2cccc(C#N)c2)c1. The van der Waals surface area contributed by atoms with E-state index in [2.05, 4.69) is 5.32 Å². The van der Waals surface area contributed by atoms with Crippen molar-refractivity contribution in [1.82, 2.24) is 0 Å². The molecule has 1 atom stereocenters. The lowest BCUT2D eigenvalue weighted by Crippen LogP contribution is -2.30. The molecule has 0 bridgehead atoms. The summed E-state index contributed by atoms with van der Waals surface area (Å²) in [6, 6.07) is 14.1. The van der Waals surface area contributed by atoms with Crippen LogP contribution >= 0.6 is 11.6 Å². The second kappa shape index (κ2) is 6.97. The van der Waals surface area contributed by atoms with Gasteiger partial charge in [0.2, 0.25) is 0 Å². The van der Waals surface area contributed by atoms with E-state index in [4.69, 9.17) is 21.6 Å². The Morgan fingerprint density at radius 3 is 2.82 bits per heavy atom. The first-order valence-corrected chi connectivity index (χ1v) is 7.11. The molecule has 112 valence electrons. The molecule has 0 aliphatic rings. The van der Waals surface area contributed by atoms with Gasteiger partial charge in [-0.15, -0.1) is 0 Å². The lowest BCUT2D eigenvalue weighted by atomic mass is 10.2. The minimum atomic E-state index is -0.718. The highest BCUT2D eigenvalue weighted by molar-refractivity contribution is 6.32. The number of carbonyl (C=O) groups excluding carboxylic acids is 1. The maximum absolute atomic E-state index is 12.2. The smallest absolute Gasteiger partial charge is 0.265 e. The van der Waals surface area contributed by atoms with E-state index in [-0.39, 0.29) is 5.91 Å². The number of carbonyl (C=O) groups is 1. The van der Waals surface area contributed by atoms with E-state index in [1.807, 2.05) is 19.1 Å². The number of anilines is 1. The molecule has 5 heteroatoms. The molecule has 2 aromatic carbocycles. The Hall–Kier alpha value is -2.51. The lowest BCUT2D eigenvalue weighted by molar-refractivity contribution is -0.122. The van der Waals surface area contributed by atoms with Crippen molar-refractivity contribution in [3.05, 3.63) is 58.6 Å². The Balaban J connectivity index is 2.06. The van der Waals surface area contributed by atoms with Gasteiger partial charge in [-0.1, -0.05) is 23.7 Å². The van der Waals surface area contributed by atoms with E-state index in [1.54, 1.807) is 43.3 Å². The molecule has 0 saturated carbocycles. The maximum Gasteiger partial charge on any atom is 0.265 e. The second-order valence-corrected chi connectivity index (χ2v) is 5.28. The molecule has 0 radical (unpaired) electrons. The molecule has 0 saturated heterocycles. The van der Waals surface area contributed by atoms with Crippen molar-refractivity contribution in [3.8, 4) is 11.8 Å². The topological polar surface area (TPSA) is 62.1 Å².